The average Bonchev–Trinajstić information content (AvgIpc) is 2.19. The number of halogens is 1. The molecule has 0 unspecified atom stereocenters. The zero-order valence-corrected chi connectivity index (χ0v) is 8.14. The molecule has 1 aromatic heterocycles. The van der Waals surface area contributed by atoms with Gasteiger partial charge in [-0.3, -0.25) is 0 Å². The summed E-state index contributed by atoms with van der Waals surface area (Å²) in [5, 5.41) is 0. The average molecular weight is 205 g/mol. The number of aromatic nitrogens is 1. The summed E-state index contributed by atoms with van der Waals surface area (Å²) in [6.07, 6.45) is 1.78. The molecule has 14 heavy (non-hydrogen) atoms. The van der Waals surface area contributed by atoms with Crippen LogP contribution in [0, 0.1) is 10.3 Å². The summed E-state index contributed by atoms with van der Waals surface area (Å²) >= 11 is 5.03. The van der Waals surface area contributed by atoms with Crippen molar-refractivity contribution in [1.29, 1.82) is 0 Å². The Balaban J connectivity index is 2.50. The lowest BCUT2D eigenvalue weighted by Gasteiger charge is -2.00. The van der Waals surface area contributed by atoms with Crippen molar-refractivity contribution in [3.8, 4) is 11.3 Å². The predicted molar refractivity (Wildman–Crippen MR) is 57.0 cm³/mol. The Bertz CT molecular complexity index is 487. The van der Waals surface area contributed by atoms with E-state index in [1.54, 1.807) is 18.3 Å². The first kappa shape index (κ1) is 9.09. The summed E-state index contributed by atoms with van der Waals surface area (Å²) in [5.74, 6) is -0.233. The van der Waals surface area contributed by atoms with E-state index < -0.39 is 0 Å². The zero-order chi connectivity index (χ0) is 9.97. The van der Waals surface area contributed by atoms with Crippen molar-refractivity contribution in [3.63, 3.8) is 0 Å². The largest absolute Gasteiger partial charge is 0.361 e. The zero-order valence-electron chi connectivity index (χ0n) is 7.33. The van der Waals surface area contributed by atoms with Gasteiger partial charge in [-0.05, 0) is 42.0 Å². The maximum absolute atomic E-state index is 12.7. The van der Waals surface area contributed by atoms with Gasteiger partial charge in [-0.25, -0.2) is 4.39 Å². The van der Waals surface area contributed by atoms with Crippen molar-refractivity contribution in [3.05, 3.63) is 52.9 Å². The van der Waals surface area contributed by atoms with E-state index in [-0.39, 0.29) is 5.82 Å². The number of nitrogens with one attached hydrogen (secondary N) is 1. The maximum Gasteiger partial charge on any atom is 0.123 e. The van der Waals surface area contributed by atoms with Gasteiger partial charge in [-0.1, -0.05) is 12.2 Å². The molecule has 2 aromatic rings. The molecule has 0 spiro atoms. The topological polar surface area (TPSA) is 15.8 Å². The van der Waals surface area contributed by atoms with Crippen LogP contribution in [0.3, 0.4) is 0 Å². The molecular formula is C11H8FNS. The smallest absolute Gasteiger partial charge is 0.123 e. The van der Waals surface area contributed by atoms with E-state index in [0.29, 0.717) is 0 Å². The number of aromatic amines is 1. The first-order chi connectivity index (χ1) is 6.75. The SMILES string of the molecule is Fc1ccc(-c2cc(=S)cc[nH]2)cc1. The highest BCUT2D eigenvalue weighted by atomic mass is 32.1. The number of hydrogen-bond donors (Lipinski definition) is 1. The lowest BCUT2D eigenvalue weighted by Crippen LogP contribution is -1.82. The maximum atomic E-state index is 12.7. The van der Waals surface area contributed by atoms with E-state index in [9.17, 15) is 4.39 Å². The molecule has 1 nitrogen and oxygen atoms in total. The molecule has 0 radical (unpaired) electrons. The summed E-state index contributed by atoms with van der Waals surface area (Å²) in [6.45, 7) is 0. The number of hydrogen-bond acceptors (Lipinski definition) is 1. The van der Waals surface area contributed by atoms with Gasteiger partial charge in [0.15, 0.2) is 0 Å². The Morgan fingerprint density at radius 2 is 1.79 bits per heavy atom. The van der Waals surface area contributed by atoms with Gasteiger partial charge in [0.05, 0.1) is 0 Å². The van der Waals surface area contributed by atoms with Crippen LogP contribution in [0.5, 0.6) is 0 Å². The predicted octanol–water partition coefficient (Wildman–Crippen LogP) is 3.55. The van der Waals surface area contributed by atoms with Crippen LogP contribution in [0.4, 0.5) is 4.39 Å². The van der Waals surface area contributed by atoms with Crippen molar-refractivity contribution in [2.75, 3.05) is 0 Å². The van der Waals surface area contributed by atoms with Gasteiger partial charge in [-0.15, -0.1) is 0 Å². The van der Waals surface area contributed by atoms with E-state index >= 15 is 0 Å². The molecule has 0 aliphatic rings. The van der Waals surface area contributed by atoms with Gasteiger partial charge in [-0.2, -0.15) is 0 Å². The van der Waals surface area contributed by atoms with Crippen LogP contribution >= 0.6 is 12.2 Å². The molecule has 0 aliphatic heterocycles. The van der Waals surface area contributed by atoms with Crippen LogP contribution < -0.4 is 0 Å². The number of H-pyrrole nitrogens is 1. The Kier molecular flexibility index (Phi) is 2.41. The minimum Gasteiger partial charge on any atom is -0.361 e. The minimum atomic E-state index is -0.233. The Hall–Kier alpha value is -1.48. The minimum absolute atomic E-state index is 0.233. The molecule has 2 rings (SSSR count). The molecule has 0 saturated carbocycles. The Labute approximate surface area is 86.2 Å². The summed E-state index contributed by atoms with van der Waals surface area (Å²) in [4.78, 5) is 3.06. The second-order valence-electron chi connectivity index (χ2n) is 2.94. The highest BCUT2D eigenvalue weighted by Gasteiger charge is 1.96. The van der Waals surface area contributed by atoms with Crippen molar-refractivity contribution in [2.45, 2.75) is 0 Å². The number of benzene rings is 1. The molecule has 70 valence electrons. The molecule has 0 aliphatic carbocycles. The lowest BCUT2D eigenvalue weighted by atomic mass is 10.1. The van der Waals surface area contributed by atoms with Crippen LogP contribution in [0.2, 0.25) is 0 Å². The van der Waals surface area contributed by atoms with Gasteiger partial charge in [0.25, 0.3) is 0 Å². The van der Waals surface area contributed by atoms with Crippen LogP contribution in [0.15, 0.2) is 42.6 Å². The summed E-state index contributed by atoms with van der Waals surface area (Å²) < 4.78 is 13.4. The molecule has 3 heteroatoms. The fraction of sp³-hybridized carbons (Fsp3) is 0. The van der Waals surface area contributed by atoms with Crippen molar-refractivity contribution in [1.82, 2.24) is 4.98 Å². The molecule has 1 N–H and O–H groups in total. The molecule has 1 aromatic carbocycles. The number of pyridine rings is 1. The third kappa shape index (κ3) is 1.88. The first-order valence-corrected chi connectivity index (χ1v) is 4.61. The first-order valence-electron chi connectivity index (χ1n) is 4.20. The second-order valence-corrected chi connectivity index (χ2v) is 3.42. The number of rotatable bonds is 1. The van der Waals surface area contributed by atoms with Gasteiger partial charge in [0.2, 0.25) is 0 Å². The van der Waals surface area contributed by atoms with E-state index in [1.807, 2.05) is 12.1 Å². The Morgan fingerprint density at radius 1 is 1.07 bits per heavy atom. The summed E-state index contributed by atoms with van der Waals surface area (Å²) in [6, 6.07) is 9.95. The lowest BCUT2D eigenvalue weighted by molar-refractivity contribution is 0.628. The molecule has 0 saturated heterocycles. The molecule has 0 amide bonds. The third-order valence-electron chi connectivity index (χ3n) is 1.93. The van der Waals surface area contributed by atoms with Crippen LogP contribution in [0.25, 0.3) is 11.3 Å². The van der Waals surface area contributed by atoms with Crippen molar-refractivity contribution < 1.29 is 4.39 Å². The third-order valence-corrected chi connectivity index (χ3v) is 2.18. The standard InChI is InChI=1S/C11H8FNS/c12-9-3-1-8(2-4-9)11-7-10(14)5-6-13-11/h1-7H,(H,13,14). The summed E-state index contributed by atoms with van der Waals surface area (Å²) in [7, 11) is 0. The molecular weight excluding hydrogens is 197 g/mol. The Morgan fingerprint density at radius 3 is 2.43 bits per heavy atom. The van der Waals surface area contributed by atoms with E-state index in [1.165, 1.54) is 12.1 Å². The highest BCUT2D eigenvalue weighted by molar-refractivity contribution is 7.71. The van der Waals surface area contributed by atoms with E-state index in [2.05, 4.69) is 4.98 Å². The van der Waals surface area contributed by atoms with E-state index in [0.717, 1.165) is 15.8 Å². The van der Waals surface area contributed by atoms with Crippen molar-refractivity contribution >= 4 is 12.2 Å². The van der Waals surface area contributed by atoms with Gasteiger partial charge >= 0.3 is 0 Å². The quantitative estimate of drug-likeness (QED) is 0.704. The van der Waals surface area contributed by atoms with E-state index in [4.69, 9.17) is 12.2 Å². The van der Waals surface area contributed by atoms with Gasteiger partial charge in [0.1, 0.15) is 5.82 Å². The summed E-state index contributed by atoms with van der Waals surface area (Å²) in [5.41, 5.74) is 1.83. The van der Waals surface area contributed by atoms with Gasteiger partial charge < -0.3 is 4.98 Å². The fourth-order valence-electron chi connectivity index (χ4n) is 1.24. The molecule has 0 atom stereocenters. The van der Waals surface area contributed by atoms with Crippen LogP contribution in [-0.2, 0) is 0 Å². The fourth-order valence-corrected chi connectivity index (χ4v) is 1.43. The molecule has 0 fully saturated rings. The monoisotopic (exact) mass is 205 g/mol. The second kappa shape index (κ2) is 3.72. The molecule has 1 heterocycles. The highest BCUT2D eigenvalue weighted by Crippen LogP contribution is 2.16. The molecule has 0 bridgehead atoms. The van der Waals surface area contributed by atoms with Crippen LogP contribution in [0.1, 0.15) is 0 Å². The van der Waals surface area contributed by atoms with Gasteiger partial charge in [0, 0.05) is 16.4 Å². The normalized spacial score (nSPS) is 10.1. The van der Waals surface area contributed by atoms with Crippen molar-refractivity contribution in [2.24, 2.45) is 0 Å². The van der Waals surface area contributed by atoms with Crippen LogP contribution in [-0.4, -0.2) is 4.98 Å².